The molecule has 44 valence electrons. The van der Waals surface area contributed by atoms with Crippen LogP contribution in [0.25, 0.3) is 0 Å². The quantitative estimate of drug-likeness (QED) is 0.318. The second kappa shape index (κ2) is 4.58. The van der Waals surface area contributed by atoms with E-state index in [-0.39, 0.29) is 6.29 Å². The molecule has 0 saturated heterocycles. The van der Waals surface area contributed by atoms with Crippen molar-refractivity contribution < 1.29 is 9.16 Å². The number of methoxy groups -OCH3 is 1. The third-order valence-electron chi connectivity index (χ3n) is 0.630. The molecule has 0 bridgehead atoms. The summed E-state index contributed by atoms with van der Waals surface area (Å²) in [4.78, 5) is 0. The summed E-state index contributed by atoms with van der Waals surface area (Å²) in [6.45, 7) is 1.81. The Labute approximate surface area is 50.4 Å². The van der Waals surface area contributed by atoms with Gasteiger partial charge in [0.2, 0.25) is 0 Å². The first kappa shape index (κ1) is 7.43. The Bertz CT molecular complexity index is 43.9. The zero-order valence-corrected chi connectivity index (χ0v) is 6.65. The lowest BCUT2D eigenvalue weighted by Crippen LogP contribution is -2.09. The van der Waals surface area contributed by atoms with E-state index < -0.39 is 9.07 Å². The molecule has 0 aliphatic rings. The van der Waals surface area contributed by atoms with Gasteiger partial charge in [0.25, 0.3) is 9.07 Å². The average molecular weight is 141 g/mol. The highest BCUT2D eigenvalue weighted by Crippen LogP contribution is 1.88. The van der Waals surface area contributed by atoms with E-state index >= 15 is 0 Å². The van der Waals surface area contributed by atoms with E-state index in [9.17, 15) is 0 Å². The Hall–Kier alpha value is 0.427. The molecule has 0 rings (SSSR count). The lowest BCUT2D eigenvalue weighted by atomic mass is 10.8. The minimum absolute atomic E-state index is 0.121. The molecule has 0 fully saturated rings. The predicted molar refractivity (Wildman–Crippen MR) is 32.0 cm³/mol. The fourth-order valence-electron chi connectivity index (χ4n) is 0.157. The SMILES string of the molecule is COC(C)O[SiH2]Cl. The van der Waals surface area contributed by atoms with E-state index in [1.807, 2.05) is 6.92 Å². The zero-order chi connectivity index (χ0) is 5.70. The first-order chi connectivity index (χ1) is 3.31. The maximum atomic E-state index is 5.31. The van der Waals surface area contributed by atoms with Gasteiger partial charge in [0.15, 0.2) is 0 Å². The van der Waals surface area contributed by atoms with Crippen molar-refractivity contribution in [1.29, 1.82) is 0 Å². The third kappa shape index (κ3) is 4.28. The van der Waals surface area contributed by atoms with Crippen LogP contribution < -0.4 is 0 Å². The molecule has 0 aromatic carbocycles. The predicted octanol–water partition coefficient (Wildman–Crippen LogP) is 0.233. The fourth-order valence-corrected chi connectivity index (χ4v) is 1.00. The standard InChI is InChI=1S/C3H9ClO2Si/c1-3(5-2)6-7-4/h3H,7H2,1-2H3. The number of rotatable bonds is 3. The van der Waals surface area contributed by atoms with Gasteiger partial charge in [-0.25, -0.2) is 0 Å². The van der Waals surface area contributed by atoms with Crippen molar-refractivity contribution in [3.63, 3.8) is 0 Å². The molecule has 0 aliphatic heterocycles. The van der Waals surface area contributed by atoms with Crippen LogP contribution in [0.3, 0.4) is 0 Å². The van der Waals surface area contributed by atoms with Crippen LogP contribution in [-0.2, 0) is 9.16 Å². The minimum atomic E-state index is -0.797. The topological polar surface area (TPSA) is 18.5 Å². The Morgan fingerprint density at radius 1 is 1.71 bits per heavy atom. The van der Waals surface area contributed by atoms with Crippen molar-refractivity contribution in [2.75, 3.05) is 7.11 Å². The monoisotopic (exact) mass is 140 g/mol. The molecule has 0 aromatic rings. The average Bonchev–Trinajstić information content (AvgIpc) is 1.68. The summed E-state index contributed by atoms with van der Waals surface area (Å²) in [5.41, 5.74) is 0. The molecule has 0 spiro atoms. The van der Waals surface area contributed by atoms with Crippen LogP contribution >= 0.6 is 11.1 Å². The number of ether oxygens (including phenoxy) is 1. The van der Waals surface area contributed by atoms with E-state index in [2.05, 4.69) is 0 Å². The maximum Gasteiger partial charge on any atom is 0.261 e. The van der Waals surface area contributed by atoms with Crippen LogP contribution in [0.1, 0.15) is 6.92 Å². The summed E-state index contributed by atoms with van der Waals surface area (Å²) in [6, 6.07) is 0. The summed E-state index contributed by atoms with van der Waals surface area (Å²) in [5, 5.41) is 0. The molecule has 0 aliphatic carbocycles. The minimum Gasteiger partial charge on any atom is -0.383 e. The van der Waals surface area contributed by atoms with Crippen LogP contribution in [0.4, 0.5) is 0 Å². The molecule has 0 amide bonds. The van der Waals surface area contributed by atoms with Crippen molar-refractivity contribution >= 4 is 20.2 Å². The van der Waals surface area contributed by atoms with E-state index in [1.165, 1.54) is 0 Å². The molecular weight excluding hydrogens is 132 g/mol. The molecule has 0 radical (unpaired) electrons. The van der Waals surface area contributed by atoms with Crippen molar-refractivity contribution in [2.45, 2.75) is 13.2 Å². The normalized spacial score (nSPS) is 15.9. The van der Waals surface area contributed by atoms with Gasteiger partial charge in [-0.15, -0.1) is 11.1 Å². The van der Waals surface area contributed by atoms with Gasteiger partial charge in [-0.2, -0.15) is 0 Å². The van der Waals surface area contributed by atoms with Gasteiger partial charge in [0, 0.05) is 7.11 Å². The summed E-state index contributed by atoms with van der Waals surface area (Å²) in [5.74, 6) is 0. The first-order valence-corrected chi connectivity index (χ1v) is 4.73. The van der Waals surface area contributed by atoms with Crippen LogP contribution in [0.2, 0.25) is 0 Å². The van der Waals surface area contributed by atoms with Gasteiger partial charge in [-0.3, -0.25) is 0 Å². The van der Waals surface area contributed by atoms with E-state index in [0.29, 0.717) is 0 Å². The van der Waals surface area contributed by atoms with Crippen LogP contribution in [0.5, 0.6) is 0 Å². The van der Waals surface area contributed by atoms with Crippen molar-refractivity contribution in [1.82, 2.24) is 0 Å². The third-order valence-corrected chi connectivity index (χ3v) is 1.60. The number of hydrogen-bond acceptors (Lipinski definition) is 2. The zero-order valence-electron chi connectivity index (χ0n) is 4.48. The molecule has 4 heteroatoms. The molecule has 2 nitrogen and oxygen atoms in total. The van der Waals surface area contributed by atoms with Crippen LogP contribution in [-0.4, -0.2) is 22.5 Å². The van der Waals surface area contributed by atoms with Crippen LogP contribution in [0.15, 0.2) is 0 Å². The van der Waals surface area contributed by atoms with Crippen molar-refractivity contribution in [3.05, 3.63) is 0 Å². The van der Waals surface area contributed by atoms with E-state index in [4.69, 9.17) is 20.2 Å². The molecule has 0 aromatic heterocycles. The summed E-state index contributed by atoms with van der Waals surface area (Å²) in [7, 11) is 0.792. The van der Waals surface area contributed by atoms with E-state index in [0.717, 1.165) is 0 Å². The number of hydrogen-bond donors (Lipinski definition) is 0. The molecule has 1 unspecified atom stereocenters. The van der Waals surface area contributed by atoms with Gasteiger partial charge in [0.05, 0.1) is 0 Å². The van der Waals surface area contributed by atoms with Gasteiger partial charge in [0.1, 0.15) is 6.29 Å². The molecular formula is C3H9ClO2Si. The van der Waals surface area contributed by atoms with Gasteiger partial charge in [-0.1, -0.05) is 0 Å². The second-order valence-electron chi connectivity index (χ2n) is 1.08. The van der Waals surface area contributed by atoms with Gasteiger partial charge >= 0.3 is 0 Å². The largest absolute Gasteiger partial charge is 0.383 e. The number of halogens is 1. The van der Waals surface area contributed by atoms with Crippen molar-refractivity contribution in [3.8, 4) is 0 Å². The van der Waals surface area contributed by atoms with Gasteiger partial charge < -0.3 is 9.16 Å². The highest BCUT2D eigenvalue weighted by atomic mass is 35.6. The Kier molecular flexibility index (Phi) is 4.86. The molecule has 0 heterocycles. The summed E-state index contributed by atoms with van der Waals surface area (Å²) in [6.07, 6.45) is -0.121. The smallest absolute Gasteiger partial charge is 0.261 e. The molecule has 0 N–H and O–H groups in total. The maximum absolute atomic E-state index is 5.31. The molecule has 0 saturated carbocycles. The Morgan fingerprint density at radius 3 is 2.43 bits per heavy atom. The fraction of sp³-hybridized carbons (Fsp3) is 1.00. The first-order valence-electron chi connectivity index (χ1n) is 2.01. The Balaban J connectivity index is 2.83. The van der Waals surface area contributed by atoms with Gasteiger partial charge in [-0.05, 0) is 6.92 Å². The highest BCUT2D eigenvalue weighted by Gasteiger charge is 1.92. The summed E-state index contributed by atoms with van der Waals surface area (Å²) < 4.78 is 9.59. The Morgan fingerprint density at radius 2 is 2.29 bits per heavy atom. The lowest BCUT2D eigenvalue weighted by molar-refractivity contribution is -0.0347. The highest BCUT2D eigenvalue weighted by molar-refractivity contribution is 6.89. The molecule has 7 heavy (non-hydrogen) atoms. The van der Waals surface area contributed by atoms with E-state index in [1.54, 1.807) is 7.11 Å². The summed E-state index contributed by atoms with van der Waals surface area (Å²) >= 11 is 5.31. The molecule has 1 atom stereocenters. The second-order valence-corrected chi connectivity index (χ2v) is 2.29. The van der Waals surface area contributed by atoms with Crippen LogP contribution in [0, 0.1) is 0 Å². The van der Waals surface area contributed by atoms with Crippen molar-refractivity contribution in [2.24, 2.45) is 0 Å². The lowest BCUT2D eigenvalue weighted by Gasteiger charge is -2.06.